The molecular weight excluding hydrogens is 434 g/mol. The third-order valence-electron chi connectivity index (χ3n) is 5.85. The van der Waals surface area contributed by atoms with Gasteiger partial charge in [0.15, 0.2) is 0 Å². The average Bonchev–Trinajstić information content (AvgIpc) is 2.88. The van der Waals surface area contributed by atoms with Crippen molar-refractivity contribution in [2.75, 3.05) is 39.5 Å². The van der Waals surface area contributed by atoms with E-state index in [2.05, 4.69) is 4.98 Å². The maximum absolute atomic E-state index is 13.2. The van der Waals surface area contributed by atoms with Crippen molar-refractivity contribution >= 4 is 22.6 Å². The molecule has 10 heteroatoms. The molecule has 32 heavy (non-hydrogen) atoms. The number of pyridine rings is 1. The van der Waals surface area contributed by atoms with Gasteiger partial charge < -0.3 is 14.4 Å². The van der Waals surface area contributed by atoms with Crippen LogP contribution in [0.4, 0.5) is 0 Å². The minimum Gasteiger partial charge on any atom is -0.381 e. The lowest BCUT2D eigenvalue weighted by atomic mass is 9.98. The maximum Gasteiger partial charge on any atom is 0.262 e. The number of hydrogen-bond acceptors (Lipinski definition) is 7. The van der Waals surface area contributed by atoms with Crippen molar-refractivity contribution in [1.82, 2.24) is 15.4 Å². The van der Waals surface area contributed by atoms with Crippen LogP contribution in [0.1, 0.15) is 23.2 Å². The van der Waals surface area contributed by atoms with Gasteiger partial charge in [0.2, 0.25) is 0 Å². The molecule has 2 saturated heterocycles. The standard InChI is InChI=1S/C22H25N3O6S/c26-20(25-9-13-31-14-10-25)17-3-1-16(2-4-17)19-6-5-18(15-23-19)32(29)22(21(27)24-28)7-11-30-12-8-22/h1-6,15,28H,7-14H2,(H,24,27). The van der Waals surface area contributed by atoms with Crippen LogP contribution in [0.25, 0.3) is 11.3 Å². The second-order valence-corrected chi connectivity index (χ2v) is 9.47. The van der Waals surface area contributed by atoms with Gasteiger partial charge in [0.1, 0.15) is 4.75 Å². The van der Waals surface area contributed by atoms with Gasteiger partial charge in [0.05, 0.1) is 34.6 Å². The molecule has 0 aliphatic carbocycles. The summed E-state index contributed by atoms with van der Waals surface area (Å²) in [6.07, 6.45) is 1.97. The number of rotatable bonds is 5. The van der Waals surface area contributed by atoms with Gasteiger partial charge >= 0.3 is 0 Å². The van der Waals surface area contributed by atoms with Gasteiger partial charge in [-0.05, 0) is 37.1 Å². The largest absolute Gasteiger partial charge is 0.381 e. The molecule has 2 aromatic rings. The Hall–Kier alpha value is -2.66. The van der Waals surface area contributed by atoms with Crippen LogP contribution in [0.2, 0.25) is 0 Å². The molecule has 9 nitrogen and oxygen atoms in total. The molecule has 2 aliphatic rings. The molecule has 2 amide bonds. The molecule has 0 saturated carbocycles. The molecule has 1 aromatic heterocycles. The summed E-state index contributed by atoms with van der Waals surface area (Å²) in [5.41, 5.74) is 3.73. The predicted octanol–water partition coefficient (Wildman–Crippen LogP) is 1.38. The van der Waals surface area contributed by atoms with Gasteiger partial charge in [-0.3, -0.25) is 24.0 Å². The minimum absolute atomic E-state index is 0.0255. The predicted molar refractivity (Wildman–Crippen MR) is 116 cm³/mol. The van der Waals surface area contributed by atoms with Gasteiger partial charge in [-0.1, -0.05) is 12.1 Å². The van der Waals surface area contributed by atoms with Crippen molar-refractivity contribution in [2.24, 2.45) is 0 Å². The van der Waals surface area contributed by atoms with Crippen molar-refractivity contribution in [2.45, 2.75) is 22.5 Å². The zero-order chi connectivity index (χ0) is 22.6. The highest BCUT2D eigenvalue weighted by Gasteiger charge is 2.46. The van der Waals surface area contributed by atoms with E-state index in [1.807, 2.05) is 12.1 Å². The number of carbonyl (C=O) groups is 2. The SMILES string of the molecule is O=C(c1ccc(-c2ccc(S(=O)C3(C(=O)NO)CCOCC3)cn2)cc1)N1CCOCC1. The van der Waals surface area contributed by atoms with Crippen LogP contribution in [0.3, 0.4) is 0 Å². The Morgan fingerprint density at radius 3 is 2.25 bits per heavy atom. The van der Waals surface area contributed by atoms with E-state index < -0.39 is 21.5 Å². The molecule has 2 N–H and O–H groups in total. The Bertz CT molecular complexity index is 984. The smallest absolute Gasteiger partial charge is 0.262 e. The first-order chi connectivity index (χ1) is 15.5. The lowest BCUT2D eigenvalue weighted by molar-refractivity contribution is -0.134. The second kappa shape index (κ2) is 9.86. The van der Waals surface area contributed by atoms with Crippen molar-refractivity contribution in [3.05, 3.63) is 48.2 Å². The summed E-state index contributed by atoms with van der Waals surface area (Å²) in [5.74, 6) is -0.703. The fourth-order valence-electron chi connectivity index (χ4n) is 3.92. The van der Waals surface area contributed by atoms with Crippen LogP contribution in [-0.4, -0.2) is 75.4 Å². The Morgan fingerprint density at radius 1 is 1.00 bits per heavy atom. The van der Waals surface area contributed by atoms with Crippen LogP contribution in [0.5, 0.6) is 0 Å². The summed E-state index contributed by atoms with van der Waals surface area (Å²) in [7, 11) is -1.71. The van der Waals surface area contributed by atoms with E-state index in [1.165, 1.54) is 6.20 Å². The highest BCUT2D eigenvalue weighted by atomic mass is 32.2. The van der Waals surface area contributed by atoms with Crippen LogP contribution >= 0.6 is 0 Å². The molecule has 1 unspecified atom stereocenters. The number of benzene rings is 1. The lowest BCUT2D eigenvalue weighted by Gasteiger charge is -2.33. The van der Waals surface area contributed by atoms with Crippen LogP contribution in [0, 0.1) is 0 Å². The Labute approximate surface area is 188 Å². The van der Waals surface area contributed by atoms with E-state index in [4.69, 9.17) is 14.7 Å². The molecule has 2 fully saturated rings. The molecular formula is C22H25N3O6S. The minimum atomic E-state index is -1.71. The van der Waals surface area contributed by atoms with Crippen molar-refractivity contribution in [3.63, 3.8) is 0 Å². The third kappa shape index (κ3) is 4.44. The highest BCUT2D eigenvalue weighted by Crippen LogP contribution is 2.32. The normalized spacial score (nSPS) is 19.2. The molecule has 0 spiro atoms. The van der Waals surface area contributed by atoms with Gasteiger partial charge in [0, 0.05) is 43.6 Å². The molecule has 1 atom stereocenters. The average molecular weight is 460 g/mol. The molecule has 2 aliphatic heterocycles. The van der Waals surface area contributed by atoms with Crippen LogP contribution in [0.15, 0.2) is 47.5 Å². The number of carbonyl (C=O) groups excluding carboxylic acids is 2. The first kappa shape index (κ1) is 22.5. The quantitative estimate of drug-likeness (QED) is 0.512. The number of morpholine rings is 1. The first-order valence-electron chi connectivity index (χ1n) is 10.4. The number of nitrogens with one attached hydrogen (secondary N) is 1. The van der Waals surface area contributed by atoms with Gasteiger partial charge in [-0.2, -0.15) is 0 Å². The zero-order valence-corrected chi connectivity index (χ0v) is 18.3. The fourth-order valence-corrected chi connectivity index (χ4v) is 5.46. The van der Waals surface area contributed by atoms with Crippen molar-refractivity contribution in [1.29, 1.82) is 0 Å². The Morgan fingerprint density at radius 2 is 1.66 bits per heavy atom. The van der Waals surface area contributed by atoms with Crippen molar-refractivity contribution < 1.29 is 28.5 Å². The summed E-state index contributed by atoms with van der Waals surface area (Å²) < 4.78 is 22.6. The summed E-state index contributed by atoms with van der Waals surface area (Å²) in [4.78, 5) is 31.5. The van der Waals surface area contributed by atoms with Crippen LogP contribution < -0.4 is 5.48 Å². The first-order valence-corrected chi connectivity index (χ1v) is 11.6. The van der Waals surface area contributed by atoms with E-state index in [9.17, 15) is 13.8 Å². The van der Waals surface area contributed by atoms with Gasteiger partial charge in [0.25, 0.3) is 11.8 Å². The molecule has 0 radical (unpaired) electrons. The number of ether oxygens (including phenoxy) is 2. The van der Waals surface area contributed by atoms with Crippen molar-refractivity contribution in [3.8, 4) is 11.3 Å². The summed E-state index contributed by atoms with van der Waals surface area (Å²) in [6.45, 7) is 2.86. The zero-order valence-electron chi connectivity index (χ0n) is 17.5. The lowest BCUT2D eigenvalue weighted by Crippen LogP contribution is -2.52. The maximum atomic E-state index is 13.2. The van der Waals surface area contributed by atoms with E-state index in [0.29, 0.717) is 55.7 Å². The molecule has 0 bridgehead atoms. The van der Waals surface area contributed by atoms with E-state index in [1.54, 1.807) is 34.6 Å². The number of amides is 2. The van der Waals surface area contributed by atoms with Gasteiger partial charge in [-0.25, -0.2) is 5.48 Å². The molecule has 170 valence electrons. The number of hydrogen-bond donors (Lipinski definition) is 2. The second-order valence-electron chi connectivity index (χ2n) is 7.68. The Kier molecular flexibility index (Phi) is 6.95. The van der Waals surface area contributed by atoms with E-state index >= 15 is 0 Å². The summed E-state index contributed by atoms with van der Waals surface area (Å²) in [6, 6.07) is 10.6. The number of aromatic nitrogens is 1. The van der Waals surface area contributed by atoms with E-state index in [-0.39, 0.29) is 18.7 Å². The highest BCUT2D eigenvalue weighted by molar-refractivity contribution is 7.87. The third-order valence-corrected chi connectivity index (χ3v) is 7.82. The molecule has 4 rings (SSSR count). The molecule has 3 heterocycles. The number of nitrogens with zero attached hydrogens (tertiary/aromatic N) is 2. The fraction of sp³-hybridized carbons (Fsp3) is 0.409. The van der Waals surface area contributed by atoms with E-state index in [0.717, 1.165) is 5.56 Å². The summed E-state index contributed by atoms with van der Waals surface area (Å²) >= 11 is 0. The topological polar surface area (TPSA) is 118 Å². The molecule has 1 aromatic carbocycles. The number of hydroxylamine groups is 1. The van der Waals surface area contributed by atoms with Gasteiger partial charge in [-0.15, -0.1) is 0 Å². The monoisotopic (exact) mass is 459 g/mol. The van der Waals surface area contributed by atoms with Crippen LogP contribution in [-0.2, 0) is 25.1 Å². The Balaban J connectivity index is 1.50. The summed E-state index contributed by atoms with van der Waals surface area (Å²) in [5, 5.41) is 9.16.